The minimum atomic E-state index is -4.47. The van der Waals surface area contributed by atoms with Crippen LogP contribution >= 0.6 is 0 Å². The van der Waals surface area contributed by atoms with E-state index >= 15 is 0 Å². The lowest BCUT2D eigenvalue weighted by molar-refractivity contribution is -0.140. The van der Waals surface area contributed by atoms with Crippen molar-refractivity contribution >= 4 is 11.9 Å². The second kappa shape index (κ2) is 9.42. The summed E-state index contributed by atoms with van der Waals surface area (Å²) in [6, 6.07) is 12.2. The van der Waals surface area contributed by atoms with Gasteiger partial charge in [0.15, 0.2) is 0 Å². The van der Waals surface area contributed by atoms with Crippen LogP contribution in [0.3, 0.4) is 0 Å². The van der Waals surface area contributed by atoms with E-state index in [1.54, 1.807) is 6.92 Å². The molecule has 0 saturated heterocycles. The largest absolute Gasteiger partial charge is 0.458 e. The van der Waals surface area contributed by atoms with Crippen LogP contribution in [0.25, 0.3) is 0 Å². The zero-order valence-electron chi connectivity index (χ0n) is 17.9. The van der Waals surface area contributed by atoms with Gasteiger partial charge in [-0.1, -0.05) is 54.6 Å². The first-order valence-electron chi connectivity index (χ1n) is 10.1. The highest BCUT2D eigenvalue weighted by Gasteiger charge is 2.37. The molecule has 0 radical (unpaired) electrons. The van der Waals surface area contributed by atoms with Gasteiger partial charge in [-0.15, -0.1) is 0 Å². The van der Waals surface area contributed by atoms with Gasteiger partial charge in [-0.2, -0.15) is 13.2 Å². The molecule has 1 aliphatic heterocycles. The number of aryl methyl sites for hydroxylation is 1. The molecule has 1 heterocycles. The second-order valence-corrected chi connectivity index (χ2v) is 7.73. The van der Waals surface area contributed by atoms with Crippen LogP contribution in [0.5, 0.6) is 0 Å². The van der Waals surface area contributed by atoms with Crippen LogP contribution in [-0.2, 0) is 27.0 Å². The molecule has 32 heavy (non-hydrogen) atoms. The maximum Gasteiger partial charge on any atom is 0.416 e. The maximum atomic E-state index is 13.0. The van der Waals surface area contributed by atoms with Gasteiger partial charge >= 0.3 is 12.1 Å². The number of alkyl halides is 3. The lowest BCUT2D eigenvalue weighted by atomic mass is 9.83. The van der Waals surface area contributed by atoms with Crippen molar-refractivity contribution < 1.29 is 27.5 Å². The first-order valence-corrected chi connectivity index (χ1v) is 10.1. The number of carbonyl (C=O) groups excluding carboxylic acids is 2. The van der Waals surface area contributed by atoms with Crippen molar-refractivity contribution in [3.05, 3.63) is 94.7 Å². The molecule has 3 rings (SSSR count). The van der Waals surface area contributed by atoms with Gasteiger partial charge in [0.25, 0.3) is 0 Å². The molecule has 4 nitrogen and oxygen atoms in total. The van der Waals surface area contributed by atoms with Gasteiger partial charge in [-0.25, -0.2) is 4.79 Å². The molecule has 1 unspecified atom stereocenters. The van der Waals surface area contributed by atoms with Crippen LogP contribution in [0.1, 0.15) is 41.5 Å². The van der Waals surface area contributed by atoms with Gasteiger partial charge in [0.2, 0.25) is 5.91 Å². The quantitative estimate of drug-likeness (QED) is 0.436. The van der Waals surface area contributed by atoms with E-state index in [4.69, 9.17) is 4.74 Å². The van der Waals surface area contributed by atoms with E-state index in [0.717, 1.165) is 23.3 Å². The predicted octanol–water partition coefficient (Wildman–Crippen LogP) is 5.53. The molecule has 0 spiro atoms. The highest BCUT2D eigenvalue weighted by atomic mass is 19.4. The van der Waals surface area contributed by atoms with Gasteiger partial charge in [0, 0.05) is 18.0 Å². The summed E-state index contributed by atoms with van der Waals surface area (Å²) in [5.41, 5.74) is 2.34. The fourth-order valence-corrected chi connectivity index (χ4v) is 3.75. The third kappa shape index (κ3) is 5.10. The molecule has 0 saturated carbocycles. The van der Waals surface area contributed by atoms with Crippen molar-refractivity contribution in [3.8, 4) is 0 Å². The van der Waals surface area contributed by atoms with E-state index in [0.29, 0.717) is 11.3 Å². The topological polar surface area (TPSA) is 46.6 Å². The van der Waals surface area contributed by atoms with Crippen LogP contribution in [-0.4, -0.2) is 23.4 Å². The normalized spacial score (nSPS) is 16.8. The van der Waals surface area contributed by atoms with Gasteiger partial charge in [-0.3, -0.25) is 4.79 Å². The van der Waals surface area contributed by atoms with Crippen molar-refractivity contribution in [2.45, 2.75) is 38.9 Å². The molecular formula is C25H24F3NO3. The molecule has 0 fully saturated rings. The number of carbonyl (C=O) groups is 2. The average Bonchev–Trinajstić information content (AvgIpc) is 2.75. The Bertz CT molecular complexity index is 1040. The standard InChI is InChI=1S/C25H24F3NO3/c1-4-13-32-24(31)23-17(3)29(15-18-7-5-16(2)6-8-18)22(30)14-21(23)19-9-11-20(12-10-19)25(26,27)28/h4-12,21H,1,13-15H2,2-3H3. The molecule has 0 aromatic heterocycles. The Hall–Kier alpha value is -3.35. The predicted molar refractivity (Wildman–Crippen MR) is 114 cm³/mol. The maximum absolute atomic E-state index is 13.0. The van der Waals surface area contributed by atoms with E-state index in [2.05, 4.69) is 6.58 Å². The number of halogens is 3. The zero-order chi connectivity index (χ0) is 23.5. The summed E-state index contributed by atoms with van der Waals surface area (Å²) < 4.78 is 44.1. The number of hydrogen-bond acceptors (Lipinski definition) is 3. The first-order chi connectivity index (χ1) is 15.1. The molecule has 168 valence electrons. The Kier molecular flexibility index (Phi) is 6.87. The number of benzene rings is 2. The number of hydrogen-bond donors (Lipinski definition) is 0. The van der Waals surface area contributed by atoms with Crippen LogP contribution in [0.2, 0.25) is 0 Å². The Morgan fingerprint density at radius 3 is 2.31 bits per heavy atom. The smallest absolute Gasteiger partial charge is 0.416 e. The van der Waals surface area contributed by atoms with Gasteiger partial charge in [0.1, 0.15) is 6.61 Å². The summed E-state index contributed by atoms with van der Waals surface area (Å²) in [6.07, 6.45) is -3.09. The van der Waals surface area contributed by atoms with E-state index < -0.39 is 23.6 Å². The summed E-state index contributed by atoms with van der Waals surface area (Å²) in [5.74, 6) is -1.53. The Balaban J connectivity index is 2.00. The average molecular weight is 443 g/mol. The summed E-state index contributed by atoms with van der Waals surface area (Å²) in [5, 5.41) is 0. The molecule has 2 aromatic carbocycles. The van der Waals surface area contributed by atoms with Crippen molar-refractivity contribution in [1.29, 1.82) is 0 Å². The number of ether oxygens (including phenoxy) is 1. The van der Waals surface area contributed by atoms with Crippen LogP contribution in [0.15, 0.2) is 72.5 Å². The van der Waals surface area contributed by atoms with Crippen molar-refractivity contribution in [3.63, 3.8) is 0 Å². The number of amides is 1. The number of esters is 1. The third-order valence-electron chi connectivity index (χ3n) is 5.48. The summed E-state index contributed by atoms with van der Waals surface area (Å²) in [7, 11) is 0. The van der Waals surface area contributed by atoms with E-state index in [1.807, 2.05) is 31.2 Å². The van der Waals surface area contributed by atoms with Crippen LogP contribution in [0.4, 0.5) is 13.2 Å². The molecule has 1 amide bonds. The monoisotopic (exact) mass is 443 g/mol. The van der Waals surface area contributed by atoms with E-state index in [9.17, 15) is 22.8 Å². The van der Waals surface area contributed by atoms with Gasteiger partial charge in [-0.05, 0) is 37.1 Å². The minimum absolute atomic E-state index is 0.0126. The van der Waals surface area contributed by atoms with Gasteiger partial charge in [0.05, 0.1) is 17.7 Å². The SMILES string of the molecule is C=CCOC(=O)C1=C(C)N(Cc2ccc(C)cc2)C(=O)CC1c1ccc(C(F)(F)F)cc1. The highest BCUT2D eigenvalue weighted by Crippen LogP contribution is 2.39. The Morgan fingerprint density at radius 2 is 1.75 bits per heavy atom. The molecule has 1 aliphatic rings. The summed E-state index contributed by atoms with van der Waals surface area (Å²) >= 11 is 0. The number of allylic oxidation sites excluding steroid dienone is 1. The highest BCUT2D eigenvalue weighted by molar-refractivity contribution is 5.95. The van der Waals surface area contributed by atoms with Crippen molar-refractivity contribution in [2.75, 3.05) is 6.61 Å². The molecule has 0 aliphatic carbocycles. The fraction of sp³-hybridized carbons (Fsp3) is 0.280. The lowest BCUT2D eigenvalue weighted by Gasteiger charge is -2.34. The summed E-state index contributed by atoms with van der Waals surface area (Å²) in [6.45, 7) is 7.42. The molecule has 2 aromatic rings. The number of nitrogens with zero attached hydrogens (tertiary/aromatic N) is 1. The second-order valence-electron chi connectivity index (χ2n) is 7.73. The zero-order valence-corrected chi connectivity index (χ0v) is 17.9. The van der Waals surface area contributed by atoms with E-state index in [1.165, 1.54) is 23.1 Å². The fourth-order valence-electron chi connectivity index (χ4n) is 3.75. The molecule has 0 bridgehead atoms. The van der Waals surface area contributed by atoms with Gasteiger partial charge < -0.3 is 9.64 Å². The minimum Gasteiger partial charge on any atom is -0.458 e. The van der Waals surface area contributed by atoms with Crippen LogP contribution in [0, 0.1) is 6.92 Å². The van der Waals surface area contributed by atoms with Crippen molar-refractivity contribution in [2.24, 2.45) is 0 Å². The molecule has 1 atom stereocenters. The van der Waals surface area contributed by atoms with Crippen molar-refractivity contribution in [1.82, 2.24) is 4.90 Å². The molecule has 0 N–H and O–H groups in total. The molecule has 7 heteroatoms. The first kappa shape index (κ1) is 23.3. The Labute approximate surface area is 185 Å². The van der Waals surface area contributed by atoms with Crippen LogP contribution < -0.4 is 0 Å². The molecular weight excluding hydrogens is 419 g/mol. The Morgan fingerprint density at radius 1 is 1.12 bits per heavy atom. The lowest BCUT2D eigenvalue weighted by Crippen LogP contribution is -2.38. The number of rotatable bonds is 6. The van der Waals surface area contributed by atoms with E-state index in [-0.39, 0.29) is 31.1 Å². The summed E-state index contributed by atoms with van der Waals surface area (Å²) in [4.78, 5) is 27.4. The third-order valence-corrected chi connectivity index (χ3v) is 5.48.